The fourth-order valence-electron chi connectivity index (χ4n) is 0. The van der Waals surface area contributed by atoms with Gasteiger partial charge in [-0.15, -0.1) is 0 Å². The predicted octanol–water partition coefficient (Wildman–Crippen LogP) is 0.280. The molecule has 3 nitrogen and oxygen atoms in total. The average Bonchev–Trinajstić information content (AvgIpc) is 1.31. The SMILES string of the molecule is CC(C)S(=O)(=O)O.[Zn]. The number of rotatable bonds is 1. The molecule has 5 heteroatoms. The summed E-state index contributed by atoms with van der Waals surface area (Å²) in [7, 11) is -3.74. The van der Waals surface area contributed by atoms with Crippen LogP contribution in [0.5, 0.6) is 0 Å². The molecule has 0 aromatic heterocycles. The molecular weight excluding hydrogens is 181 g/mol. The van der Waals surface area contributed by atoms with Gasteiger partial charge in [0.05, 0.1) is 5.25 Å². The Labute approximate surface area is 62.0 Å². The third-order valence-electron chi connectivity index (χ3n) is 0.596. The summed E-state index contributed by atoms with van der Waals surface area (Å²) in [5.41, 5.74) is 0. The third kappa shape index (κ3) is 4.69. The maximum atomic E-state index is 9.89. The van der Waals surface area contributed by atoms with E-state index in [1.165, 1.54) is 13.8 Å². The molecule has 0 spiro atoms. The molecule has 8 heavy (non-hydrogen) atoms. The van der Waals surface area contributed by atoms with Crippen molar-refractivity contribution in [2.45, 2.75) is 19.1 Å². The molecule has 0 saturated heterocycles. The van der Waals surface area contributed by atoms with E-state index >= 15 is 0 Å². The average molecular weight is 190 g/mol. The van der Waals surface area contributed by atoms with Crippen molar-refractivity contribution in [1.82, 2.24) is 0 Å². The first-order valence-corrected chi connectivity index (χ1v) is 3.41. The maximum absolute atomic E-state index is 9.89. The minimum absolute atomic E-state index is 0. The van der Waals surface area contributed by atoms with Gasteiger partial charge in [-0.1, -0.05) is 0 Å². The van der Waals surface area contributed by atoms with E-state index in [0.717, 1.165) is 0 Å². The first kappa shape index (κ1) is 11.3. The van der Waals surface area contributed by atoms with E-state index in [2.05, 4.69) is 0 Å². The Kier molecular flexibility index (Phi) is 5.02. The second-order valence-electron chi connectivity index (χ2n) is 1.56. The van der Waals surface area contributed by atoms with Crippen molar-refractivity contribution in [3.63, 3.8) is 0 Å². The maximum Gasteiger partial charge on any atom is 0.267 e. The summed E-state index contributed by atoms with van der Waals surface area (Å²) in [4.78, 5) is 0. The molecule has 0 fully saturated rings. The van der Waals surface area contributed by atoms with Gasteiger partial charge >= 0.3 is 0 Å². The van der Waals surface area contributed by atoms with E-state index in [1.54, 1.807) is 0 Å². The van der Waals surface area contributed by atoms with Gasteiger partial charge in [0.2, 0.25) is 0 Å². The summed E-state index contributed by atoms with van der Waals surface area (Å²) in [6, 6.07) is 0. The second kappa shape index (κ2) is 3.54. The molecule has 0 unspecified atom stereocenters. The monoisotopic (exact) mass is 188 g/mol. The molecule has 0 aliphatic carbocycles. The molecule has 0 radical (unpaired) electrons. The van der Waals surface area contributed by atoms with E-state index < -0.39 is 15.4 Å². The van der Waals surface area contributed by atoms with E-state index in [4.69, 9.17) is 4.55 Å². The van der Waals surface area contributed by atoms with Gasteiger partial charge in [0.15, 0.2) is 0 Å². The molecule has 0 bridgehead atoms. The van der Waals surface area contributed by atoms with Crippen LogP contribution in [-0.2, 0) is 29.6 Å². The molecule has 0 atom stereocenters. The fourth-order valence-corrected chi connectivity index (χ4v) is 0. The molecule has 0 aromatic rings. The van der Waals surface area contributed by atoms with Crippen molar-refractivity contribution >= 4 is 10.1 Å². The zero-order valence-corrected chi connectivity index (χ0v) is 8.74. The molecule has 0 amide bonds. The summed E-state index contributed by atoms with van der Waals surface area (Å²) in [5, 5.41) is -0.674. The van der Waals surface area contributed by atoms with Crippen molar-refractivity contribution in [3.8, 4) is 0 Å². The van der Waals surface area contributed by atoms with Crippen molar-refractivity contribution in [2.24, 2.45) is 0 Å². The summed E-state index contributed by atoms with van der Waals surface area (Å²) in [6.07, 6.45) is 0. The Bertz CT molecular complexity index is 137. The molecular formula is C3H8O3SZn. The van der Waals surface area contributed by atoms with Crippen LogP contribution >= 0.6 is 0 Å². The van der Waals surface area contributed by atoms with Crippen molar-refractivity contribution in [3.05, 3.63) is 0 Å². The van der Waals surface area contributed by atoms with Crippen LogP contribution in [0.1, 0.15) is 13.8 Å². The molecule has 0 heterocycles. The van der Waals surface area contributed by atoms with Gasteiger partial charge in [0, 0.05) is 19.5 Å². The predicted molar refractivity (Wildman–Crippen MR) is 26.7 cm³/mol. The van der Waals surface area contributed by atoms with Crippen LogP contribution in [0.25, 0.3) is 0 Å². The van der Waals surface area contributed by atoms with Gasteiger partial charge in [0.25, 0.3) is 10.1 Å². The summed E-state index contributed by atoms with van der Waals surface area (Å²) >= 11 is 0. The van der Waals surface area contributed by atoms with E-state index in [1.807, 2.05) is 0 Å². The smallest absolute Gasteiger partial charge is 0.267 e. The van der Waals surface area contributed by atoms with E-state index in [-0.39, 0.29) is 19.5 Å². The van der Waals surface area contributed by atoms with Gasteiger partial charge in [-0.2, -0.15) is 8.42 Å². The quantitative estimate of drug-likeness (QED) is 0.476. The van der Waals surface area contributed by atoms with Gasteiger partial charge in [-0.05, 0) is 13.8 Å². The topological polar surface area (TPSA) is 54.4 Å². The van der Waals surface area contributed by atoms with E-state index in [0.29, 0.717) is 0 Å². The summed E-state index contributed by atoms with van der Waals surface area (Å²) in [6.45, 7) is 2.82. The van der Waals surface area contributed by atoms with Gasteiger partial charge in [0.1, 0.15) is 0 Å². The first-order chi connectivity index (χ1) is 2.94. The van der Waals surface area contributed by atoms with Crippen molar-refractivity contribution in [2.75, 3.05) is 0 Å². The minimum Gasteiger partial charge on any atom is -0.285 e. The van der Waals surface area contributed by atoms with Gasteiger partial charge in [-0.3, -0.25) is 4.55 Å². The Morgan fingerprint density at radius 2 is 1.50 bits per heavy atom. The largest absolute Gasteiger partial charge is 0.285 e. The number of hydrogen-bond donors (Lipinski definition) is 1. The molecule has 0 aliphatic rings. The van der Waals surface area contributed by atoms with Crippen LogP contribution in [0.15, 0.2) is 0 Å². The van der Waals surface area contributed by atoms with Crippen LogP contribution in [0.3, 0.4) is 0 Å². The van der Waals surface area contributed by atoms with E-state index in [9.17, 15) is 8.42 Å². The Balaban J connectivity index is 0. The van der Waals surface area contributed by atoms with Crippen LogP contribution < -0.4 is 0 Å². The molecule has 0 aromatic carbocycles. The van der Waals surface area contributed by atoms with Crippen molar-refractivity contribution in [1.29, 1.82) is 0 Å². The standard InChI is InChI=1S/C3H8O3S.Zn/c1-3(2)7(4,5)6;/h3H,1-2H3,(H,4,5,6);. The zero-order chi connectivity index (χ0) is 6.08. The second-order valence-corrected chi connectivity index (χ2v) is 3.54. The zero-order valence-electron chi connectivity index (χ0n) is 4.96. The van der Waals surface area contributed by atoms with Crippen LogP contribution in [0.4, 0.5) is 0 Å². The summed E-state index contributed by atoms with van der Waals surface area (Å²) in [5.74, 6) is 0. The van der Waals surface area contributed by atoms with Gasteiger partial charge in [-0.25, -0.2) is 0 Å². The van der Waals surface area contributed by atoms with Crippen LogP contribution in [0.2, 0.25) is 0 Å². The molecule has 0 rings (SSSR count). The van der Waals surface area contributed by atoms with Crippen molar-refractivity contribution < 1.29 is 32.4 Å². The van der Waals surface area contributed by atoms with Crippen LogP contribution in [0, 0.1) is 0 Å². The number of hydrogen-bond acceptors (Lipinski definition) is 2. The fraction of sp³-hybridized carbons (Fsp3) is 1.00. The molecule has 1 N–H and O–H groups in total. The first-order valence-electron chi connectivity index (χ1n) is 1.91. The molecule has 46 valence electrons. The van der Waals surface area contributed by atoms with Crippen LogP contribution in [-0.4, -0.2) is 18.2 Å². The Morgan fingerprint density at radius 3 is 1.50 bits per heavy atom. The summed E-state index contributed by atoms with van der Waals surface area (Å²) < 4.78 is 27.8. The van der Waals surface area contributed by atoms with Gasteiger partial charge < -0.3 is 0 Å². The normalized spacial score (nSPS) is 11.0. The molecule has 0 aliphatic heterocycles. The minimum atomic E-state index is -3.74. The third-order valence-corrected chi connectivity index (χ3v) is 1.79. The molecule has 0 saturated carbocycles. The Morgan fingerprint density at radius 1 is 1.38 bits per heavy atom. The Hall–Kier alpha value is 0.533.